The summed E-state index contributed by atoms with van der Waals surface area (Å²) in [5, 5.41) is 7.25. The van der Waals surface area contributed by atoms with Crippen LogP contribution in [-0.4, -0.2) is 37.0 Å². The molecule has 0 radical (unpaired) electrons. The van der Waals surface area contributed by atoms with Crippen molar-refractivity contribution in [2.24, 2.45) is 11.7 Å². The Morgan fingerprint density at radius 1 is 1.47 bits per heavy atom. The van der Waals surface area contributed by atoms with Gasteiger partial charge in [0, 0.05) is 19.0 Å². The maximum Gasteiger partial charge on any atom is 0.224 e. The third-order valence-corrected chi connectivity index (χ3v) is 4.15. The number of hydrogen-bond acceptors (Lipinski definition) is 4. The van der Waals surface area contributed by atoms with Gasteiger partial charge in [-0.15, -0.1) is 0 Å². The summed E-state index contributed by atoms with van der Waals surface area (Å²) in [7, 11) is 0. The highest BCUT2D eigenvalue weighted by atomic mass is 32.1. The van der Waals surface area contributed by atoms with E-state index in [1.165, 1.54) is 5.56 Å². The predicted molar refractivity (Wildman–Crippen MR) is 81.2 cm³/mol. The van der Waals surface area contributed by atoms with Gasteiger partial charge in [0.25, 0.3) is 0 Å². The van der Waals surface area contributed by atoms with Crippen LogP contribution in [0.4, 0.5) is 0 Å². The lowest BCUT2D eigenvalue weighted by atomic mass is 10.1. The van der Waals surface area contributed by atoms with Crippen LogP contribution in [0.2, 0.25) is 0 Å². The Kier molecular flexibility index (Phi) is 7.05. The number of carbonyl (C=O) groups is 1. The number of carbonyl (C=O) groups excluding carboxylic acids is 1. The molecule has 4 nitrogen and oxygen atoms in total. The van der Waals surface area contributed by atoms with E-state index < -0.39 is 0 Å². The molecule has 0 saturated carbocycles. The molecular formula is C14H25N3OS. The molecule has 108 valence electrons. The van der Waals surface area contributed by atoms with Gasteiger partial charge < -0.3 is 11.1 Å². The molecule has 0 aliphatic rings. The van der Waals surface area contributed by atoms with Crippen molar-refractivity contribution in [2.75, 3.05) is 26.2 Å². The van der Waals surface area contributed by atoms with Gasteiger partial charge >= 0.3 is 0 Å². The monoisotopic (exact) mass is 283 g/mol. The van der Waals surface area contributed by atoms with Crippen LogP contribution in [-0.2, 0) is 4.79 Å². The molecule has 1 rings (SSSR count). The maximum atomic E-state index is 11.8. The van der Waals surface area contributed by atoms with E-state index in [1.54, 1.807) is 11.3 Å². The van der Waals surface area contributed by atoms with E-state index in [-0.39, 0.29) is 17.9 Å². The summed E-state index contributed by atoms with van der Waals surface area (Å²) in [4.78, 5) is 14.2. The fourth-order valence-corrected chi connectivity index (χ4v) is 2.77. The van der Waals surface area contributed by atoms with Gasteiger partial charge in [-0.25, -0.2) is 0 Å². The maximum absolute atomic E-state index is 11.8. The molecule has 0 aliphatic carbocycles. The van der Waals surface area contributed by atoms with Gasteiger partial charge in [-0.2, -0.15) is 11.3 Å². The Labute approximate surface area is 120 Å². The minimum Gasteiger partial charge on any atom is -0.354 e. The standard InChI is InChI=1S/C14H25N3OS/c1-4-17(5-2)13(12-6-7-19-10-12)9-16-14(18)11(3)8-15/h6-7,10-11,13H,4-5,8-9,15H2,1-3H3,(H,16,18). The van der Waals surface area contributed by atoms with Gasteiger partial charge in [-0.05, 0) is 35.5 Å². The highest BCUT2D eigenvalue weighted by Crippen LogP contribution is 2.22. The lowest BCUT2D eigenvalue weighted by molar-refractivity contribution is -0.124. The van der Waals surface area contributed by atoms with Crippen LogP contribution >= 0.6 is 11.3 Å². The van der Waals surface area contributed by atoms with E-state index >= 15 is 0 Å². The number of amides is 1. The molecule has 5 heteroatoms. The van der Waals surface area contributed by atoms with Crippen molar-refractivity contribution < 1.29 is 4.79 Å². The van der Waals surface area contributed by atoms with Crippen LogP contribution < -0.4 is 11.1 Å². The smallest absolute Gasteiger partial charge is 0.224 e. The first-order valence-corrected chi connectivity index (χ1v) is 7.82. The molecule has 2 atom stereocenters. The topological polar surface area (TPSA) is 58.4 Å². The zero-order valence-corrected chi connectivity index (χ0v) is 12.9. The molecule has 19 heavy (non-hydrogen) atoms. The average molecular weight is 283 g/mol. The minimum atomic E-state index is -0.125. The van der Waals surface area contributed by atoms with Gasteiger partial charge in [0.2, 0.25) is 5.91 Å². The van der Waals surface area contributed by atoms with Crippen LogP contribution in [0.15, 0.2) is 16.8 Å². The van der Waals surface area contributed by atoms with Gasteiger partial charge in [-0.1, -0.05) is 20.8 Å². The van der Waals surface area contributed by atoms with Gasteiger partial charge in [0.1, 0.15) is 0 Å². The van der Waals surface area contributed by atoms with E-state index in [9.17, 15) is 4.79 Å². The Hall–Kier alpha value is -0.910. The quantitative estimate of drug-likeness (QED) is 0.765. The van der Waals surface area contributed by atoms with Crippen molar-refractivity contribution in [1.82, 2.24) is 10.2 Å². The van der Waals surface area contributed by atoms with Crippen LogP contribution in [0, 0.1) is 5.92 Å². The van der Waals surface area contributed by atoms with Crippen LogP contribution in [0.3, 0.4) is 0 Å². The summed E-state index contributed by atoms with van der Waals surface area (Å²) in [5.74, 6) is -0.0882. The predicted octanol–water partition coefficient (Wildman–Crippen LogP) is 1.84. The average Bonchev–Trinajstić information content (AvgIpc) is 2.95. The molecule has 1 heterocycles. The molecule has 0 aliphatic heterocycles. The van der Waals surface area contributed by atoms with E-state index in [0.717, 1.165) is 13.1 Å². The summed E-state index contributed by atoms with van der Waals surface area (Å²) in [6, 6.07) is 2.38. The zero-order chi connectivity index (χ0) is 14.3. The van der Waals surface area contributed by atoms with E-state index in [4.69, 9.17) is 5.73 Å². The van der Waals surface area contributed by atoms with Crippen molar-refractivity contribution in [3.05, 3.63) is 22.4 Å². The fraction of sp³-hybridized carbons (Fsp3) is 0.643. The molecule has 0 bridgehead atoms. The lowest BCUT2D eigenvalue weighted by Crippen LogP contribution is -2.40. The Bertz CT molecular complexity index is 363. The van der Waals surface area contributed by atoms with E-state index in [2.05, 4.69) is 40.9 Å². The van der Waals surface area contributed by atoms with Gasteiger partial charge in [0.15, 0.2) is 0 Å². The normalized spacial score (nSPS) is 14.4. The first-order chi connectivity index (χ1) is 9.13. The third-order valence-electron chi connectivity index (χ3n) is 3.45. The van der Waals surface area contributed by atoms with E-state index in [0.29, 0.717) is 13.1 Å². The number of nitrogens with zero attached hydrogens (tertiary/aromatic N) is 1. The third kappa shape index (κ3) is 4.60. The van der Waals surface area contributed by atoms with Crippen molar-refractivity contribution in [3.63, 3.8) is 0 Å². The van der Waals surface area contributed by atoms with Crippen molar-refractivity contribution >= 4 is 17.2 Å². The number of thiophene rings is 1. The number of hydrogen-bond donors (Lipinski definition) is 2. The van der Waals surface area contributed by atoms with Gasteiger partial charge in [0.05, 0.1) is 6.04 Å². The zero-order valence-electron chi connectivity index (χ0n) is 12.1. The minimum absolute atomic E-state index is 0.0369. The first kappa shape index (κ1) is 16.1. The Balaban J connectivity index is 2.68. The molecule has 0 saturated heterocycles. The largest absolute Gasteiger partial charge is 0.354 e. The van der Waals surface area contributed by atoms with Crippen molar-refractivity contribution in [2.45, 2.75) is 26.8 Å². The molecule has 0 fully saturated rings. The highest BCUT2D eigenvalue weighted by Gasteiger charge is 2.20. The molecule has 0 aromatic carbocycles. The van der Waals surface area contributed by atoms with Crippen LogP contribution in [0.25, 0.3) is 0 Å². The Morgan fingerprint density at radius 2 is 2.16 bits per heavy atom. The molecule has 3 N–H and O–H groups in total. The number of nitrogens with one attached hydrogen (secondary N) is 1. The molecule has 1 aromatic rings. The second-order valence-corrected chi connectivity index (χ2v) is 5.46. The summed E-state index contributed by atoms with van der Waals surface area (Å²) in [5.41, 5.74) is 6.79. The molecular weight excluding hydrogens is 258 g/mol. The fourth-order valence-electron chi connectivity index (χ4n) is 2.07. The molecule has 0 spiro atoms. The lowest BCUT2D eigenvalue weighted by Gasteiger charge is -2.29. The number of likely N-dealkylation sites (N-methyl/N-ethyl adjacent to an activating group) is 1. The van der Waals surface area contributed by atoms with Crippen molar-refractivity contribution in [3.8, 4) is 0 Å². The van der Waals surface area contributed by atoms with Crippen LogP contribution in [0.5, 0.6) is 0 Å². The van der Waals surface area contributed by atoms with E-state index in [1.807, 2.05) is 6.92 Å². The van der Waals surface area contributed by atoms with Crippen LogP contribution in [0.1, 0.15) is 32.4 Å². The number of nitrogens with two attached hydrogens (primary N) is 1. The highest BCUT2D eigenvalue weighted by molar-refractivity contribution is 7.07. The molecule has 1 amide bonds. The molecule has 1 aromatic heterocycles. The second kappa shape index (κ2) is 8.30. The summed E-state index contributed by atoms with van der Waals surface area (Å²) in [6.07, 6.45) is 0. The molecule has 2 unspecified atom stereocenters. The second-order valence-electron chi connectivity index (χ2n) is 4.68. The van der Waals surface area contributed by atoms with Gasteiger partial charge in [-0.3, -0.25) is 9.69 Å². The summed E-state index contributed by atoms with van der Waals surface area (Å²) in [6.45, 7) is 9.12. The summed E-state index contributed by atoms with van der Waals surface area (Å²) < 4.78 is 0. The van der Waals surface area contributed by atoms with Crippen molar-refractivity contribution in [1.29, 1.82) is 0 Å². The number of rotatable bonds is 8. The SMILES string of the molecule is CCN(CC)C(CNC(=O)C(C)CN)c1ccsc1. The first-order valence-electron chi connectivity index (χ1n) is 6.87. The Morgan fingerprint density at radius 3 is 2.63 bits per heavy atom. The summed E-state index contributed by atoms with van der Waals surface area (Å²) >= 11 is 1.69.